The van der Waals surface area contributed by atoms with Gasteiger partial charge in [-0.05, 0) is 37.9 Å². The number of para-hydroxylation sites is 1. The average Bonchev–Trinajstić information content (AvgIpc) is 3.17. The molecule has 0 radical (unpaired) electrons. The first-order chi connectivity index (χ1) is 11.3. The number of likely N-dealkylation sites (tertiary alicyclic amines) is 1. The Kier molecular flexibility index (Phi) is 3.95. The van der Waals surface area contributed by atoms with E-state index in [0.717, 1.165) is 31.1 Å². The minimum atomic E-state index is 0.537. The van der Waals surface area contributed by atoms with Crippen molar-refractivity contribution in [2.24, 2.45) is 0 Å². The number of nitrogens with zero attached hydrogens (tertiary/aromatic N) is 3. The zero-order valence-electron chi connectivity index (χ0n) is 13.6. The van der Waals surface area contributed by atoms with E-state index < -0.39 is 0 Å². The van der Waals surface area contributed by atoms with Crippen molar-refractivity contribution in [3.8, 4) is 11.5 Å². The Hall–Kier alpha value is -2.01. The Bertz CT molecular complexity index is 683. The SMILES string of the molecule is Cc1cnn(C[C@H]2CCCN2Cc2cccc3c2OCCO3)c1. The minimum absolute atomic E-state index is 0.537. The number of aromatic nitrogens is 2. The zero-order valence-corrected chi connectivity index (χ0v) is 13.6. The third kappa shape index (κ3) is 3.06. The van der Waals surface area contributed by atoms with Crippen LogP contribution >= 0.6 is 0 Å². The summed E-state index contributed by atoms with van der Waals surface area (Å²) < 4.78 is 13.6. The van der Waals surface area contributed by atoms with Crippen molar-refractivity contribution in [1.29, 1.82) is 0 Å². The monoisotopic (exact) mass is 313 g/mol. The molecule has 3 heterocycles. The van der Waals surface area contributed by atoms with Gasteiger partial charge in [0.05, 0.1) is 12.7 Å². The number of hydrogen-bond donors (Lipinski definition) is 0. The van der Waals surface area contributed by atoms with Crippen LogP contribution in [-0.4, -0.2) is 40.5 Å². The molecule has 1 saturated heterocycles. The van der Waals surface area contributed by atoms with Crippen LogP contribution in [0.25, 0.3) is 0 Å². The highest BCUT2D eigenvalue weighted by atomic mass is 16.6. The molecule has 2 aliphatic heterocycles. The van der Waals surface area contributed by atoms with Gasteiger partial charge in [-0.3, -0.25) is 9.58 Å². The molecule has 4 rings (SSSR count). The van der Waals surface area contributed by atoms with E-state index in [1.165, 1.54) is 24.0 Å². The van der Waals surface area contributed by atoms with Crippen LogP contribution in [0.1, 0.15) is 24.0 Å². The van der Waals surface area contributed by atoms with Gasteiger partial charge in [0.1, 0.15) is 13.2 Å². The van der Waals surface area contributed by atoms with Gasteiger partial charge >= 0.3 is 0 Å². The number of ether oxygens (including phenoxy) is 2. The molecule has 0 aliphatic carbocycles. The first-order valence-electron chi connectivity index (χ1n) is 8.40. The molecule has 2 aromatic rings. The number of fused-ring (bicyclic) bond motifs is 1. The van der Waals surface area contributed by atoms with Gasteiger partial charge < -0.3 is 9.47 Å². The van der Waals surface area contributed by atoms with Crippen LogP contribution in [0.3, 0.4) is 0 Å². The maximum atomic E-state index is 5.85. The number of hydrogen-bond acceptors (Lipinski definition) is 4. The summed E-state index contributed by atoms with van der Waals surface area (Å²) in [5.74, 6) is 1.81. The third-order valence-electron chi connectivity index (χ3n) is 4.68. The molecule has 2 aliphatic rings. The Morgan fingerprint density at radius 1 is 1.26 bits per heavy atom. The lowest BCUT2D eigenvalue weighted by Gasteiger charge is -2.27. The summed E-state index contributed by atoms with van der Waals surface area (Å²) in [7, 11) is 0. The molecular formula is C18H23N3O2. The summed E-state index contributed by atoms with van der Waals surface area (Å²) in [5.41, 5.74) is 2.45. The Morgan fingerprint density at radius 3 is 3.04 bits per heavy atom. The molecular weight excluding hydrogens is 290 g/mol. The molecule has 1 aromatic heterocycles. The van der Waals surface area contributed by atoms with Crippen molar-refractivity contribution in [3.63, 3.8) is 0 Å². The fourth-order valence-corrected chi connectivity index (χ4v) is 3.57. The van der Waals surface area contributed by atoms with Crippen LogP contribution in [0, 0.1) is 6.92 Å². The molecule has 0 unspecified atom stereocenters. The van der Waals surface area contributed by atoms with Crippen molar-refractivity contribution in [1.82, 2.24) is 14.7 Å². The normalized spacial score (nSPS) is 20.8. The highest BCUT2D eigenvalue weighted by Crippen LogP contribution is 2.35. The zero-order chi connectivity index (χ0) is 15.6. The van der Waals surface area contributed by atoms with Crippen molar-refractivity contribution in [2.45, 2.75) is 38.9 Å². The lowest BCUT2D eigenvalue weighted by atomic mass is 10.1. The molecule has 1 aromatic carbocycles. The second-order valence-electron chi connectivity index (χ2n) is 6.45. The predicted molar refractivity (Wildman–Crippen MR) is 87.8 cm³/mol. The second kappa shape index (κ2) is 6.24. The highest BCUT2D eigenvalue weighted by molar-refractivity contribution is 5.47. The van der Waals surface area contributed by atoms with Gasteiger partial charge in [0.2, 0.25) is 0 Å². The molecule has 1 atom stereocenters. The van der Waals surface area contributed by atoms with Gasteiger partial charge in [-0.25, -0.2) is 0 Å². The van der Waals surface area contributed by atoms with Crippen LogP contribution in [-0.2, 0) is 13.1 Å². The number of benzene rings is 1. The van der Waals surface area contributed by atoms with Crippen molar-refractivity contribution < 1.29 is 9.47 Å². The molecule has 5 heteroatoms. The fourth-order valence-electron chi connectivity index (χ4n) is 3.57. The van der Waals surface area contributed by atoms with Crippen LogP contribution in [0.4, 0.5) is 0 Å². The first kappa shape index (κ1) is 14.6. The molecule has 1 fully saturated rings. The standard InChI is InChI=1S/C18H23N3O2/c1-14-10-19-21(11-14)13-16-5-3-7-20(16)12-15-4-2-6-17-18(15)23-9-8-22-17/h2,4,6,10-11,16H,3,5,7-9,12-13H2,1H3/t16-/m1/s1. The summed E-state index contributed by atoms with van der Waals surface area (Å²) in [4.78, 5) is 2.55. The van der Waals surface area contributed by atoms with Crippen molar-refractivity contribution >= 4 is 0 Å². The number of rotatable bonds is 4. The number of aryl methyl sites for hydroxylation is 1. The minimum Gasteiger partial charge on any atom is -0.486 e. The first-order valence-corrected chi connectivity index (χ1v) is 8.40. The maximum Gasteiger partial charge on any atom is 0.165 e. The second-order valence-corrected chi connectivity index (χ2v) is 6.45. The van der Waals surface area contributed by atoms with Crippen molar-refractivity contribution in [3.05, 3.63) is 41.7 Å². The van der Waals surface area contributed by atoms with Gasteiger partial charge in [0, 0.05) is 24.3 Å². The molecule has 0 bridgehead atoms. The molecule has 0 amide bonds. The topological polar surface area (TPSA) is 39.5 Å². The lowest BCUT2D eigenvalue weighted by molar-refractivity contribution is 0.164. The van der Waals surface area contributed by atoms with E-state index in [9.17, 15) is 0 Å². The maximum absolute atomic E-state index is 5.85. The van der Waals surface area contributed by atoms with E-state index in [0.29, 0.717) is 19.3 Å². The van der Waals surface area contributed by atoms with Crippen LogP contribution in [0.2, 0.25) is 0 Å². The summed E-state index contributed by atoms with van der Waals surface area (Å²) in [6.07, 6.45) is 6.53. The summed E-state index contributed by atoms with van der Waals surface area (Å²) in [6, 6.07) is 6.74. The third-order valence-corrected chi connectivity index (χ3v) is 4.68. The summed E-state index contributed by atoms with van der Waals surface area (Å²) in [6.45, 7) is 6.37. The largest absolute Gasteiger partial charge is 0.486 e. The average molecular weight is 313 g/mol. The van der Waals surface area contributed by atoms with Gasteiger partial charge in [-0.15, -0.1) is 0 Å². The van der Waals surface area contributed by atoms with Gasteiger partial charge in [-0.1, -0.05) is 12.1 Å². The molecule has 0 saturated carbocycles. The Labute approximate surface area is 136 Å². The van der Waals surface area contributed by atoms with E-state index >= 15 is 0 Å². The Morgan fingerprint density at radius 2 is 2.17 bits per heavy atom. The molecule has 0 N–H and O–H groups in total. The van der Waals surface area contributed by atoms with E-state index in [1.807, 2.05) is 12.3 Å². The van der Waals surface area contributed by atoms with Crippen LogP contribution in [0.15, 0.2) is 30.6 Å². The van der Waals surface area contributed by atoms with Crippen LogP contribution < -0.4 is 9.47 Å². The predicted octanol–water partition coefficient (Wildman–Crippen LogP) is 2.63. The summed E-state index contributed by atoms with van der Waals surface area (Å²) in [5, 5.41) is 4.44. The molecule has 0 spiro atoms. The van der Waals surface area contributed by atoms with Crippen LogP contribution in [0.5, 0.6) is 11.5 Å². The fraction of sp³-hybridized carbons (Fsp3) is 0.500. The van der Waals surface area contributed by atoms with E-state index in [4.69, 9.17) is 9.47 Å². The van der Waals surface area contributed by atoms with E-state index in [-0.39, 0.29) is 0 Å². The Balaban J connectivity index is 1.49. The summed E-state index contributed by atoms with van der Waals surface area (Å²) >= 11 is 0. The van der Waals surface area contributed by atoms with Gasteiger partial charge in [0.15, 0.2) is 11.5 Å². The van der Waals surface area contributed by atoms with Gasteiger partial charge in [0.25, 0.3) is 0 Å². The molecule has 23 heavy (non-hydrogen) atoms. The lowest BCUT2D eigenvalue weighted by Crippen LogP contribution is -2.33. The van der Waals surface area contributed by atoms with E-state index in [1.54, 1.807) is 0 Å². The van der Waals surface area contributed by atoms with Crippen molar-refractivity contribution in [2.75, 3.05) is 19.8 Å². The molecule has 122 valence electrons. The van der Waals surface area contributed by atoms with E-state index in [2.05, 4.69) is 39.9 Å². The quantitative estimate of drug-likeness (QED) is 0.870. The molecule has 5 nitrogen and oxygen atoms in total. The highest BCUT2D eigenvalue weighted by Gasteiger charge is 2.27. The van der Waals surface area contributed by atoms with Gasteiger partial charge in [-0.2, -0.15) is 5.10 Å². The smallest absolute Gasteiger partial charge is 0.165 e.